The van der Waals surface area contributed by atoms with E-state index >= 15 is 0 Å². The summed E-state index contributed by atoms with van der Waals surface area (Å²) in [6, 6.07) is 10.7. The number of hydrogen-bond donors (Lipinski definition) is 1. The Kier molecular flexibility index (Phi) is 9.75. The molecule has 8 nitrogen and oxygen atoms in total. The highest BCUT2D eigenvalue weighted by Gasteiger charge is 2.33. The molecule has 2 aliphatic rings. The number of aliphatic carboxylic acids is 1. The van der Waals surface area contributed by atoms with E-state index in [1.165, 1.54) is 11.6 Å². The summed E-state index contributed by atoms with van der Waals surface area (Å²) in [4.78, 5) is 35.2. The molecule has 3 aromatic rings. The lowest BCUT2D eigenvalue weighted by molar-refractivity contribution is -0.142. The van der Waals surface area contributed by atoms with E-state index in [4.69, 9.17) is 0 Å². The van der Waals surface area contributed by atoms with Crippen molar-refractivity contribution >= 4 is 47.7 Å². The van der Waals surface area contributed by atoms with Crippen LogP contribution in [0.3, 0.4) is 0 Å². The number of amides is 1. The number of fused-ring (bicyclic) bond motifs is 3. The fourth-order valence-corrected chi connectivity index (χ4v) is 5.82. The summed E-state index contributed by atoms with van der Waals surface area (Å²) < 4.78 is 16.0. The second kappa shape index (κ2) is 12.4. The molecular formula is C27H34Cl2FN5O3. The van der Waals surface area contributed by atoms with E-state index in [0.29, 0.717) is 39.3 Å². The average molecular weight is 567 g/mol. The Morgan fingerprint density at radius 2 is 1.82 bits per heavy atom. The van der Waals surface area contributed by atoms with Gasteiger partial charge in [0.15, 0.2) is 0 Å². The van der Waals surface area contributed by atoms with Gasteiger partial charge in [-0.2, -0.15) is 0 Å². The van der Waals surface area contributed by atoms with Crippen LogP contribution in [0.1, 0.15) is 30.7 Å². The predicted octanol–water partition coefficient (Wildman–Crippen LogP) is 3.43. The van der Waals surface area contributed by atoms with Gasteiger partial charge in [0.2, 0.25) is 5.91 Å². The van der Waals surface area contributed by atoms with Crippen molar-refractivity contribution in [3.8, 4) is 0 Å². The highest BCUT2D eigenvalue weighted by atomic mass is 35.5. The Bertz CT molecular complexity index is 1290. The minimum atomic E-state index is -0.828. The molecule has 0 aliphatic carbocycles. The molecule has 206 valence electrons. The Morgan fingerprint density at radius 1 is 1.08 bits per heavy atom. The fraction of sp³-hybridized carbons (Fsp3) is 0.444. The Labute approximate surface area is 234 Å². The SMILES string of the molecule is C[C@@H]1CN(CC(=O)N2CCc3c(n(Cc4cccc(F)c4)c4ncccc34)C2)C[C@H](C)N1CC(=O)O.Cl.Cl. The fourth-order valence-electron chi connectivity index (χ4n) is 5.82. The van der Waals surface area contributed by atoms with E-state index in [1.54, 1.807) is 18.3 Å². The van der Waals surface area contributed by atoms with Gasteiger partial charge in [-0.25, -0.2) is 9.37 Å². The third-order valence-electron chi connectivity index (χ3n) is 7.45. The molecular weight excluding hydrogens is 532 g/mol. The highest BCUT2D eigenvalue weighted by molar-refractivity contribution is 5.86. The zero-order valence-corrected chi connectivity index (χ0v) is 23.2. The van der Waals surface area contributed by atoms with Crippen molar-refractivity contribution < 1.29 is 19.1 Å². The van der Waals surface area contributed by atoms with Crippen LogP contribution in [0, 0.1) is 5.82 Å². The van der Waals surface area contributed by atoms with Crippen molar-refractivity contribution in [3.63, 3.8) is 0 Å². The summed E-state index contributed by atoms with van der Waals surface area (Å²) in [5, 5.41) is 10.3. The third kappa shape index (κ3) is 6.12. The maximum atomic E-state index is 13.9. The van der Waals surface area contributed by atoms with Gasteiger partial charge >= 0.3 is 5.97 Å². The van der Waals surface area contributed by atoms with Crippen LogP contribution < -0.4 is 0 Å². The second-order valence-corrected chi connectivity index (χ2v) is 10.0. The number of rotatable bonds is 6. The molecule has 0 bridgehead atoms. The normalized spacial score (nSPS) is 19.9. The Hall–Kier alpha value is -2.72. The van der Waals surface area contributed by atoms with E-state index in [9.17, 15) is 19.1 Å². The molecule has 2 aliphatic heterocycles. The van der Waals surface area contributed by atoms with Crippen LogP contribution in [-0.2, 0) is 29.1 Å². The van der Waals surface area contributed by atoms with Crippen LogP contribution in [0.5, 0.6) is 0 Å². The molecule has 11 heteroatoms. The predicted molar refractivity (Wildman–Crippen MR) is 149 cm³/mol. The van der Waals surface area contributed by atoms with Crippen molar-refractivity contribution in [1.29, 1.82) is 0 Å². The van der Waals surface area contributed by atoms with Gasteiger partial charge in [0.05, 0.1) is 19.6 Å². The smallest absolute Gasteiger partial charge is 0.317 e. The van der Waals surface area contributed by atoms with Gasteiger partial charge in [0, 0.05) is 55.5 Å². The topological polar surface area (TPSA) is 81.9 Å². The van der Waals surface area contributed by atoms with Crippen LogP contribution >= 0.6 is 24.8 Å². The summed E-state index contributed by atoms with van der Waals surface area (Å²) in [6.07, 6.45) is 2.52. The number of pyridine rings is 1. The molecule has 1 aromatic carbocycles. The maximum Gasteiger partial charge on any atom is 0.317 e. The average Bonchev–Trinajstić information content (AvgIpc) is 3.14. The van der Waals surface area contributed by atoms with Gasteiger partial charge in [-0.05, 0) is 55.7 Å². The molecule has 1 saturated heterocycles. The summed E-state index contributed by atoms with van der Waals surface area (Å²) in [5.41, 5.74) is 3.98. The lowest BCUT2D eigenvalue weighted by Gasteiger charge is -2.44. The number of aromatic nitrogens is 2. The Morgan fingerprint density at radius 3 is 2.50 bits per heavy atom. The van der Waals surface area contributed by atoms with Crippen LogP contribution in [0.15, 0.2) is 42.6 Å². The summed E-state index contributed by atoms with van der Waals surface area (Å²) in [7, 11) is 0. The zero-order valence-electron chi connectivity index (χ0n) is 21.5. The number of nitrogens with zero attached hydrogens (tertiary/aromatic N) is 5. The first-order chi connectivity index (χ1) is 17.3. The molecule has 5 rings (SSSR count). The molecule has 1 amide bonds. The van der Waals surface area contributed by atoms with Gasteiger partial charge < -0.3 is 14.6 Å². The standard InChI is InChI=1S/C27H32FN5O3.2ClH/c1-18-12-30(13-19(2)32(18)17-26(35)36)16-25(34)31-10-8-22-23-7-4-9-29-27(23)33(24(22)15-31)14-20-5-3-6-21(28)11-20;;/h3-7,9,11,18-19H,8,10,12-17H2,1-2H3,(H,35,36);2*1H/t18-,19+;;. The molecule has 1 fully saturated rings. The van der Waals surface area contributed by atoms with E-state index in [0.717, 1.165) is 28.7 Å². The van der Waals surface area contributed by atoms with Crippen LogP contribution in [0.2, 0.25) is 0 Å². The molecule has 2 aromatic heterocycles. The van der Waals surface area contributed by atoms with Crippen LogP contribution in [0.4, 0.5) is 4.39 Å². The summed E-state index contributed by atoms with van der Waals surface area (Å²) >= 11 is 0. The van der Waals surface area contributed by atoms with Gasteiger partial charge in [-0.15, -0.1) is 24.8 Å². The first-order valence-electron chi connectivity index (χ1n) is 12.5. The summed E-state index contributed by atoms with van der Waals surface area (Å²) in [6.45, 7) is 7.30. The van der Waals surface area contributed by atoms with E-state index < -0.39 is 5.97 Å². The van der Waals surface area contributed by atoms with Gasteiger partial charge in [0.1, 0.15) is 11.5 Å². The first kappa shape index (κ1) is 29.8. The van der Waals surface area contributed by atoms with Crippen molar-refractivity contribution in [1.82, 2.24) is 24.3 Å². The number of piperazine rings is 1. The lowest BCUT2D eigenvalue weighted by atomic mass is 10.0. The molecule has 4 heterocycles. The highest BCUT2D eigenvalue weighted by Crippen LogP contribution is 2.31. The van der Waals surface area contributed by atoms with Gasteiger partial charge in [-0.1, -0.05) is 12.1 Å². The van der Waals surface area contributed by atoms with E-state index in [2.05, 4.69) is 20.5 Å². The third-order valence-corrected chi connectivity index (χ3v) is 7.45. The molecule has 0 unspecified atom stereocenters. The molecule has 0 spiro atoms. The maximum absolute atomic E-state index is 13.9. The van der Waals surface area contributed by atoms with Gasteiger partial charge in [0.25, 0.3) is 0 Å². The van der Waals surface area contributed by atoms with Crippen molar-refractivity contribution in [3.05, 3.63) is 65.2 Å². The molecule has 0 radical (unpaired) electrons. The van der Waals surface area contributed by atoms with Crippen LogP contribution in [-0.4, -0.2) is 86.0 Å². The number of carbonyl (C=O) groups excluding carboxylic acids is 1. The van der Waals surface area contributed by atoms with E-state index in [-0.39, 0.29) is 55.2 Å². The lowest BCUT2D eigenvalue weighted by Crippen LogP contribution is -2.59. The second-order valence-electron chi connectivity index (χ2n) is 10.0. The minimum absolute atomic E-state index is 0. The van der Waals surface area contributed by atoms with Crippen molar-refractivity contribution in [2.45, 2.75) is 45.4 Å². The number of hydrogen-bond acceptors (Lipinski definition) is 5. The largest absolute Gasteiger partial charge is 0.480 e. The first-order valence-corrected chi connectivity index (χ1v) is 12.5. The summed E-state index contributed by atoms with van der Waals surface area (Å²) in [5.74, 6) is -1.03. The molecule has 38 heavy (non-hydrogen) atoms. The van der Waals surface area contributed by atoms with Crippen LogP contribution in [0.25, 0.3) is 11.0 Å². The van der Waals surface area contributed by atoms with Crippen molar-refractivity contribution in [2.75, 3.05) is 32.7 Å². The quantitative estimate of drug-likeness (QED) is 0.493. The number of halogens is 3. The van der Waals surface area contributed by atoms with Crippen molar-refractivity contribution in [2.24, 2.45) is 0 Å². The molecule has 1 N–H and O–H groups in total. The molecule has 0 saturated carbocycles. The number of carbonyl (C=O) groups is 2. The molecule has 2 atom stereocenters. The Balaban J connectivity index is 0.00000200. The number of benzene rings is 1. The number of carboxylic acid groups (broad SMARTS) is 1. The van der Waals surface area contributed by atoms with E-state index in [1.807, 2.05) is 35.8 Å². The number of carboxylic acids is 1. The monoisotopic (exact) mass is 565 g/mol. The zero-order chi connectivity index (χ0) is 25.4. The van der Waals surface area contributed by atoms with Gasteiger partial charge in [-0.3, -0.25) is 19.4 Å². The minimum Gasteiger partial charge on any atom is -0.480 e.